The summed E-state index contributed by atoms with van der Waals surface area (Å²) in [6.45, 7) is 4.54. The minimum Gasteiger partial charge on any atom is -0.370 e. The number of aryl methyl sites for hydroxylation is 2. The Bertz CT molecular complexity index is 425. The minimum absolute atomic E-state index is 0. The van der Waals surface area contributed by atoms with Gasteiger partial charge in [0.2, 0.25) is 0 Å². The van der Waals surface area contributed by atoms with Crippen LogP contribution >= 0.6 is 24.0 Å². The molecule has 0 unspecified atom stereocenters. The molecule has 4 heteroatoms. The average Bonchev–Trinajstić information content (AvgIpc) is 2.36. The number of hydrogen-bond donors (Lipinski definition) is 2. The highest BCUT2D eigenvalue weighted by molar-refractivity contribution is 14.0. The second kappa shape index (κ2) is 8.81. The van der Waals surface area contributed by atoms with Crippen molar-refractivity contribution in [3.05, 3.63) is 29.3 Å². The molecule has 98 valence electrons. The molecule has 0 saturated heterocycles. The zero-order valence-corrected chi connectivity index (χ0v) is 13.2. The van der Waals surface area contributed by atoms with E-state index in [1.54, 1.807) is 0 Å². The van der Waals surface area contributed by atoms with Gasteiger partial charge < -0.3 is 11.1 Å². The van der Waals surface area contributed by atoms with Crippen LogP contribution in [-0.2, 0) is 12.8 Å². The first-order chi connectivity index (χ1) is 8.22. The Labute approximate surface area is 126 Å². The van der Waals surface area contributed by atoms with Crippen LogP contribution in [0.3, 0.4) is 0 Å². The second-order valence-electron chi connectivity index (χ2n) is 3.69. The number of nitrogens with zero attached hydrogens (tertiary/aromatic N) is 1. The van der Waals surface area contributed by atoms with E-state index in [0.717, 1.165) is 18.5 Å². The van der Waals surface area contributed by atoms with Crippen molar-refractivity contribution in [2.45, 2.75) is 26.7 Å². The molecular formula is C14H20IN3. The molecule has 0 spiro atoms. The number of hydrogen-bond acceptors (Lipinski definition) is 1. The van der Waals surface area contributed by atoms with E-state index in [9.17, 15) is 0 Å². The van der Waals surface area contributed by atoms with E-state index >= 15 is 0 Å². The van der Waals surface area contributed by atoms with Gasteiger partial charge in [-0.1, -0.05) is 38.0 Å². The van der Waals surface area contributed by atoms with E-state index in [1.807, 2.05) is 0 Å². The van der Waals surface area contributed by atoms with Crippen LogP contribution in [0.25, 0.3) is 0 Å². The molecule has 0 saturated carbocycles. The van der Waals surface area contributed by atoms with Crippen LogP contribution < -0.4 is 11.1 Å². The summed E-state index contributed by atoms with van der Waals surface area (Å²) in [5.74, 6) is 2.81. The molecule has 0 aliphatic rings. The highest BCUT2D eigenvalue weighted by Gasteiger charge is 2.06. The van der Waals surface area contributed by atoms with Gasteiger partial charge in [0.1, 0.15) is 6.54 Å². The molecule has 0 atom stereocenters. The van der Waals surface area contributed by atoms with Gasteiger partial charge in [0.15, 0.2) is 5.96 Å². The molecule has 1 rings (SSSR count). The van der Waals surface area contributed by atoms with Crippen molar-refractivity contribution in [1.29, 1.82) is 0 Å². The van der Waals surface area contributed by atoms with E-state index in [-0.39, 0.29) is 24.0 Å². The topological polar surface area (TPSA) is 50.4 Å². The Balaban J connectivity index is 0.00000289. The number of nitrogens with one attached hydrogen (secondary N) is 1. The third kappa shape index (κ3) is 4.57. The third-order valence-electron chi connectivity index (χ3n) is 2.59. The summed E-state index contributed by atoms with van der Waals surface area (Å²) in [5, 5.41) is 3.15. The molecule has 1 aromatic rings. The molecule has 0 fully saturated rings. The Kier molecular flexibility index (Phi) is 8.21. The molecule has 0 aromatic heterocycles. The van der Waals surface area contributed by atoms with Crippen molar-refractivity contribution in [3.63, 3.8) is 0 Å². The van der Waals surface area contributed by atoms with E-state index < -0.39 is 0 Å². The predicted molar refractivity (Wildman–Crippen MR) is 89.6 cm³/mol. The standard InChI is InChI=1S/C14H19N3.HI/c1-4-10-16-14(15)17-13-11(5-2)8-7-9-12(13)6-3;/h1,7-9H,5-6,10H2,2-3H3,(H3,15,16,17);1H. The SMILES string of the molecule is C#CCN=C(N)Nc1c(CC)cccc1CC.I. The number of guanidine groups is 1. The van der Waals surface area contributed by atoms with Crippen molar-refractivity contribution in [2.24, 2.45) is 10.7 Å². The first-order valence-electron chi connectivity index (χ1n) is 5.84. The molecule has 1 aromatic carbocycles. The van der Waals surface area contributed by atoms with Gasteiger partial charge in [0.05, 0.1) is 0 Å². The molecule has 0 heterocycles. The maximum atomic E-state index is 5.78. The summed E-state index contributed by atoms with van der Waals surface area (Å²) < 4.78 is 0. The zero-order chi connectivity index (χ0) is 12.7. The van der Waals surface area contributed by atoms with Crippen molar-refractivity contribution in [2.75, 3.05) is 11.9 Å². The Morgan fingerprint density at radius 3 is 2.33 bits per heavy atom. The molecule has 18 heavy (non-hydrogen) atoms. The molecule has 0 bridgehead atoms. The first kappa shape index (κ1) is 16.8. The Morgan fingerprint density at radius 1 is 1.33 bits per heavy atom. The van der Waals surface area contributed by atoms with Crippen LogP contribution in [0.4, 0.5) is 5.69 Å². The normalized spacial score (nSPS) is 10.4. The number of anilines is 1. The van der Waals surface area contributed by atoms with Gasteiger partial charge in [-0.2, -0.15) is 0 Å². The number of para-hydroxylation sites is 1. The average molecular weight is 357 g/mol. The van der Waals surface area contributed by atoms with Gasteiger partial charge in [0, 0.05) is 5.69 Å². The van der Waals surface area contributed by atoms with E-state index in [4.69, 9.17) is 12.2 Å². The fourth-order valence-electron chi connectivity index (χ4n) is 1.70. The quantitative estimate of drug-likeness (QED) is 0.377. The predicted octanol–water partition coefficient (Wildman–Crippen LogP) is 2.79. The van der Waals surface area contributed by atoms with Gasteiger partial charge in [-0.25, -0.2) is 4.99 Å². The fraction of sp³-hybridized carbons (Fsp3) is 0.357. The monoisotopic (exact) mass is 357 g/mol. The van der Waals surface area contributed by atoms with Crippen LogP contribution in [0.15, 0.2) is 23.2 Å². The summed E-state index contributed by atoms with van der Waals surface area (Å²) in [6.07, 6.45) is 7.06. The molecular weight excluding hydrogens is 337 g/mol. The molecule has 3 nitrogen and oxygen atoms in total. The second-order valence-corrected chi connectivity index (χ2v) is 3.69. The minimum atomic E-state index is 0. The van der Waals surface area contributed by atoms with Crippen LogP contribution in [0.5, 0.6) is 0 Å². The summed E-state index contributed by atoms with van der Waals surface area (Å²) in [4.78, 5) is 4.04. The van der Waals surface area contributed by atoms with Gasteiger partial charge in [-0.05, 0) is 24.0 Å². The Hall–Kier alpha value is -1.22. The van der Waals surface area contributed by atoms with Crippen LogP contribution in [0, 0.1) is 12.3 Å². The maximum absolute atomic E-state index is 5.78. The number of rotatable bonds is 4. The molecule has 0 radical (unpaired) electrons. The maximum Gasteiger partial charge on any atom is 0.194 e. The van der Waals surface area contributed by atoms with Crippen molar-refractivity contribution in [1.82, 2.24) is 0 Å². The fourth-order valence-corrected chi connectivity index (χ4v) is 1.70. The lowest BCUT2D eigenvalue weighted by Gasteiger charge is -2.14. The molecule has 0 aliphatic heterocycles. The van der Waals surface area contributed by atoms with Crippen LogP contribution in [-0.4, -0.2) is 12.5 Å². The zero-order valence-electron chi connectivity index (χ0n) is 10.9. The smallest absolute Gasteiger partial charge is 0.194 e. The number of nitrogens with two attached hydrogens (primary N) is 1. The summed E-state index contributed by atoms with van der Waals surface area (Å²) in [7, 11) is 0. The molecule has 0 amide bonds. The van der Waals surface area contributed by atoms with Gasteiger partial charge in [-0.15, -0.1) is 30.4 Å². The summed E-state index contributed by atoms with van der Waals surface area (Å²) >= 11 is 0. The van der Waals surface area contributed by atoms with E-state index in [2.05, 4.69) is 48.3 Å². The lowest BCUT2D eigenvalue weighted by Crippen LogP contribution is -2.24. The van der Waals surface area contributed by atoms with Gasteiger partial charge in [-0.3, -0.25) is 0 Å². The van der Waals surface area contributed by atoms with Gasteiger partial charge >= 0.3 is 0 Å². The van der Waals surface area contributed by atoms with Crippen LogP contribution in [0.1, 0.15) is 25.0 Å². The van der Waals surface area contributed by atoms with Crippen molar-refractivity contribution < 1.29 is 0 Å². The number of terminal acetylenes is 1. The summed E-state index contributed by atoms with van der Waals surface area (Å²) in [5.41, 5.74) is 9.33. The molecule has 0 aliphatic carbocycles. The Morgan fingerprint density at radius 2 is 1.89 bits per heavy atom. The lowest BCUT2D eigenvalue weighted by atomic mass is 10.0. The van der Waals surface area contributed by atoms with E-state index in [0.29, 0.717) is 12.5 Å². The largest absolute Gasteiger partial charge is 0.370 e. The lowest BCUT2D eigenvalue weighted by molar-refractivity contribution is 1.09. The van der Waals surface area contributed by atoms with Crippen LogP contribution in [0.2, 0.25) is 0 Å². The highest BCUT2D eigenvalue weighted by atomic mass is 127. The van der Waals surface area contributed by atoms with E-state index in [1.165, 1.54) is 11.1 Å². The van der Waals surface area contributed by atoms with Crippen molar-refractivity contribution >= 4 is 35.6 Å². The number of aliphatic imine (C=N–C) groups is 1. The van der Waals surface area contributed by atoms with Gasteiger partial charge in [0.25, 0.3) is 0 Å². The highest BCUT2D eigenvalue weighted by Crippen LogP contribution is 2.22. The third-order valence-corrected chi connectivity index (χ3v) is 2.59. The first-order valence-corrected chi connectivity index (χ1v) is 5.84. The van der Waals surface area contributed by atoms with Crippen molar-refractivity contribution in [3.8, 4) is 12.3 Å². The number of benzene rings is 1. The summed E-state index contributed by atoms with van der Waals surface area (Å²) in [6, 6.07) is 6.25. The molecule has 3 N–H and O–H groups in total. The number of halogens is 1.